The fourth-order valence-electron chi connectivity index (χ4n) is 2.28. The van der Waals surface area contributed by atoms with E-state index in [2.05, 4.69) is 20.3 Å². The molecule has 0 spiro atoms. The highest BCUT2D eigenvalue weighted by Gasteiger charge is 2.05. The van der Waals surface area contributed by atoms with E-state index in [1.807, 2.05) is 30.3 Å². The van der Waals surface area contributed by atoms with Crippen LogP contribution < -0.4 is 10.1 Å². The van der Waals surface area contributed by atoms with Gasteiger partial charge in [-0.3, -0.25) is 9.78 Å². The Morgan fingerprint density at radius 2 is 1.80 bits per heavy atom. The molecule has 0 aliphatic rings. The largest absolute Gasteiger partial charge is 0.424 e. The summed E-state index contributed by atoms with van der Waals surface area (Å²) in [6, 6.07) is 14.9. The molecule has 0 bridgehead atoms. The molecule has 1 aromatic carbocycles. The Bertz CT molecular complexity index is 810. The number of ether oxygens (including phenoxy) is 1. The SMILES string of the molecule is O=C(CCCc1ccccn1)Nc1cccc(Oc2ncccn2)c1. The number of aromatic nitrogens is 3. The van der Waals surface area contributed by atoms with E-state index in [1.165, 1.54) is 0 Å². The van der Waals surface area contributed by atoms with Crippen molar-refractivity contribution in [2.75, 3.05) is 5.32 Å². The fourth-order valence-corrected chi connectivity index (χ4v) is 2.28. The Kier molecular flexibility index (Phi) is 5.66. The first-order chi connectivity index (χ1) is 12.3. The summed E-state index contributed by atoms with van der Waals surface area (Å²) in [5.41, 5.74) is 1.67. The van der Waals surface area contributed by atoms with Crippen LogP contribution in [0, 0.1) is 0 Å². The monoisotopic (exact) mass is 334 g/mol. The van der Waals surface area contributed by atoms with Gasteiger partial charge in [0.2, 0.25) is 5.91 Å². The van der Waals surface area contributed by atoms with Crippen molar-refractivity contribution >= 4 is 11.6 Å². The Hall–Kier alpha value is -3.28. The third-order valence-electron chi connectivity index (χ3n) is 3.43. The number of benzene rings is 1. The van der Waals surface area contributed by atoms with Gasteiger partial charge in [0.25, 0.3) is 0 Å². The number of carbonyl (C=O) groups is 1. The first kappa shape index (κ1) is 16.6. The van der Waals surface area contributed by atoms with Crippen molar-refractivity contribution in [3.05, 3.63) is 72.8 Å². The van der Waals surface area contributed by atoms with Crippen LogP contribution in [0.25, 0.3) is 0 Å². The van der Waals surface area contributed by atoms with Gasteiger partial charge in [-0.1, -0.05) is 12.1 Å². The van der Waals surface area contributed by atoms with Crippen molar-refractivity contribution < 1.29 is 9.53 Å². The molecule has 0 fully saturated rings. The molecular formula is C19H18N4O2. The standard InChI is InChI=1S/C19H18N4O2/c24-18(10-4-7-15-6-1-2-11-20-15)23-16-8-3-9-17(14-16)25-19-21-12-5-13-22-19/h1-3,5-6,8-9,11-14H,4,7,10H2,(H,23,24). The lowest BCUT2D eigenvalue weighted by Crippen LogP contribution is -2.11. The highest BCUT2D eigenvalue weighted by Crippen LogP contribution is 2.21. The molecular weight excluding hydrogens is 316 g/mol. The summed E-state index contributed by atoms with van der Waals surface area (Å²) in [6.07, 6.45) is 6.94. The fraction of sp³-hybridized carbons (Fsp3) is 0.158. The van der Waals surface area contributed by atoms with Crippen LogP contribution >= 0.6 is 0 Å². The van der Waals surface area contributed by atoms with Crippen molar-refractivity contribution in [2.24, 2.45) is 0 Å². The average Bonchev–Trinajstić information content (AvgIpc) is 2.64. The van der Waals surface area contributed by atoms with Gasteiger partial charge in [-0.15, -0.1) is 0 Å². The summed E-state index contributed by atoms with van der Waals surface area (Å²) in [6.45, 7) is 0. The molecule has 0 radical (unpaired) electrons. The molecule has 0 atom stereocenters. The van der Waals surface area contributed by atoms with Gasteiger partial charge in [0.15, 0.2) is 0 Å². The minimum Gasteiger partial charge on any atom is -0.424 e. The number of anilines is 1. The van der Waals surface area contributed by atoms with Crippen molar-refractivity contribution in [2.45, 2.75) is 19.3 Å². The summed E-state index contributed by atoms with van der Waals surface area (Å²) in [5, 5.41) is 2.87. The van der Waals surface area contributed by atoms with Crippen molar-refractivity contribution in [1.82, 2.24) is 15.0 Å². The maximum Gasteiger partial charge on any atom is 0.321 e. The number of pyridine rings is 1. The number of hydrogen-bond donors (Lipinski definition) is 1. The molecule has 0 saturated carbocycles. The van der Waals surface area contributed by atoms with Crippen LogP contribution in [0.5, 0.6) is 11.8 Å². The molecule has 0 saturated heterocycles. The number of hydrogen-bond acceptors (Lipinski definition) is 5. The summed E-state index contributed by atoms with van der Waals surface area (Å²) < 4.78 is 5.56. The first-order valence-corrected chi connectivity index (χ1v) is 8.04. The molecule has 25 heavy (non-hydrogen) atoms. The molecule has 2 heterocycles. The van der Waals surface area contributed by atoms with Gasteiger partial charge in [0, 0.05) is 42.5 Å². The molecule has 6 heteroatoms. The molecule has 1 N–H and O–H groups in total. The van der Waals surface area contributed by atoms with Crippen LogP contribution in [0.3, 0.4) is 0 Å². The van der Waals surface area contributed by atoms with Gasteiger partial charge in [-0.25, -0.2) is 9.97 Å². The minimum atomic E-state index is -0.0379. The molecule has 126 valence electrons. The Morgan fingerprint density at radius 3 is 2.60 bits per heavy atom. The molecule has 1 amide bonds. The zero-order valence-electron chi connectivity index (χ0n) is 13.6. The quantitative estimate of drug-likeness (QED) is 0.714. The van der Waals surface area contributed by atoms with Gasteiger partial charge in [0.05, 0.1) is 0 Å². The average molecular weight is 334 g/mol. The van der Waals surface area contributed by atoms with Crippen molar-refractivity contribution in [3.8, 4) is 11.8 Å². The molecule has 0 aliphatic heterocycles. The molecule has 3 aromatic rings. The minimum absolute atomic E-state index is 0.0379. The number of aryl methyl sites for hydroxylation is 1. The lowest BCUT2D eigenvalue weighted by Gasteiger charge is -2.08. The van der Waals surface area contributed by atoms with E-state index < -0.39 is 0 Å². The Labute approximate surface area is 145 Å². The maximum atomic E-state index is 12.1. The molecule has 6 nitrogen and oxygen atoms in total. The second-order valence-corrected chi connectivity index (χ2v) is 5.38. The van der Waals surface area contributed by atoms with E-state index in [0.717, 1.165) is 18.5 Å². The number of nitrogens with zero attached hydrogens (tertiary/aromatic N) is 3. The van der Waals surface area contributed by atoms with Crippen molar-refractivity contribution in [3.63, 3.8) is 0 Å². The number of amides is 1. The van der Waals surface area contributed by atoms with E-state index in [0.29, 0.717) is 17.9 Å². The zero-order chi connectivity index (χ0) is 17.3. The summed E-state index contributed by atoms with van der Waals surface area (Å²) in [4.78, 5) is 24.3. The second-order valence-electron chi connectivity index (χ2n) is 5.38. The van der Waals surface area contributed by atoms with Gasteiger partial charge >= 0.3 is 6.01 Å². The summed E-state index contributed by atoms with van der Waals surface area (Å²) in [5.74, 6) is 0.529. The van der Waals surface area contributed by atoms with E-state index in [1.54, 1.807) is 36.8 Å². The van der Waals surface area contributed by atoms with E-state index >= 15 is 0 Å². The third kappa shape index (κ3) is 5.39. The van der Waals surface area contributed by atoms with Gasteiger partial charge in [0.1, 0.15) is 5.75 Å². The van der Waals surface area contributed by atoms with Crippen molar-refractivity contribution in [1.29, 1.82) is 0 Å². The highest BCUT2D eigenvalue weighted by molar-refractivity contribution is 5.90. The molecule has 0 aliphatic carbocycles. The zero-order valence-corrected chi connectivity index (χ0v) is 13.6. The third-order valence-corrected chi connectivity index (χ3v) is 3.43. The first-order valence-electron chi connectivity index (χ1n) is 8.04. The van der Waals surface area contributed by atoms with Crippen LogP contribution in [-0.2, 0) is 11.2 Å². The Morgan fingerprint density at radius 1 is 0.960 bits per heavy atom. The summed E-state index contributed by atoms with van der Waals surface area (Å²) in [7, 11) is 0. The Balaban J connectivity index is 1.50. The normalized spacial score (nSPS) is 10.2. The van der Waals surface area contributed by atoms with Crippen LogP contribution in [0.15, 0.2) is 67.1 Å². The molecule has 3 rings (SSSR count). The van der Waals surface area contributed by atoms with E-state index in [9.17, 15) is 4.79 Å². The van der Waals surface area contributed by atoms with Gasteiger partial charge < -0.3 is 10.1 Å². The number of carbonyl (C=O) groups excluding carboxylic acids is 1. The number of rotatable bonds is 7. The maximum absolute atomic E-state index is 12.1. The van der Waals surface area contributed by atoms with Gasteiger partial charge in [-0.05, 0) is 43.2 Å². The number of nitrogens with one attached hydrogen (secondary N) is 1. The molecule has 0 unspecified atom stereocenters. The van der Waals surface area contributed by atoms with E-state index in [4.69, 9.17) is 4.74 Å². The van der Waals surface area contributed by atoms with Crippen LogP contribution in [-0.4, -0.2) is 20.9 Å². The molecule has 2 aromatic heterocycles. The predicted molar refractivity (Wildman–Crippen MR) is 94.4 cm³/mol. The van der Waals surface area contributed by atoms with Crippen LogP contribution in [0.2, 0.25) is 0 Å². The van der Waals surface area contributed by atoms with E-state index in [-0.39, 0.29) is 11.9 Å². The van der Waals surface area contributed by atoms with Gasteiger partial charge in [-0.2, -0.15) is 0 Å². The predicted octanol–water partition coefficient (Wildman–Crippen LogP) is 3.63. The van der Waals surface area contributed by atoms with Crippen LogP contribution in [0.1, 0.15) is 18.5 Å². The second kappa shape index (κ2) is 8.54. The summed E-state index contributed by atoms with van der Waals surface area (Å²) >= 11 is 0. The lowest BCUT2D eigenvalue weighted by atomic mass is 10.1. The smallest absolute Gasteiger partial charge is 0.321 e. The lowest BCUT2D eigenvalue weighted by molar-refractivity contribution is -0.116. The highest BCUT2D eigenvalue weighted by atomic mass is 16.5. The van der Waals surface area contributed by atoms with Crippen LogP contribution in [0.4, 0.5) is 5.69 Å². The topological polar surface area (TPSA) is 77.0 Å².